The molecule has 0 atom stereocenters. The van der Waals surface area contributed by atoms with E-state index in [1.807, 2.05) is 12.1 Å². The standard InChI is InChI=1S/C13H12ClNO2/c14-10-2-1-3-12(6-10)17-8-9-4-5-11(16)7-13(9)15/h1-7,16H,8,15H2. The number of nitrogens with two attached hydrogens (primary N) is 1. The molecule has 3 N–H and O–H groups in total. The van der Waals surface area contributed by atoms with E-state index in [-0.39, 0.29) is 5.75 Å². The third-order valence-electron chi connectivity index (χ3n) is 2.32. The van der Waals surface area contributed by atoms with Gasteiger partial charge in [-0.25, -0.2) is 0 Å². The third-order valence-corrected chi connectivity index (χ3v) is 2.55. The van der Waals surface area contributed by atoms with Crippen molar-refractivity contribution in [3.05, 3.63) is 53.1 Å². The first-order chi connectivity index (χ1) is 8.15. The summed E-state index contributed by atoms with van der Waals surface area (Å²) < 4.78 is 5.55. The fourth-order valence-corrected chi connectivity index (χ4v) is 1.61. The van der Waals surface area contributed by atoms with Crippen LogP contribution in [0, 0.1) is 0 Å². The van der Waals surface area contributed by atoms with Gasteiger partial charge in [-0.1, -0.05) is 17.7 Å². The topological polar surface area (TPSA) is 55.5 Å². The lowest BCUT2D eigenvalue weighted by Gasteiger charge is -2.09. The molecule has 0 aliphatic heterocycles. The summed E-state index contributed by atoms with van der Waals surface area (Å²) in [5, 5.41) is 9.85. The molecule has 0 bridgehead atoms. The summed E-state index contributed by atoms with van der Waals surface area (Å²) in [5.74, 6) is 0.832. The molecule has 0 saturated heterocycles. The van der Waals surface area contributed by atoms with Crippen LogP contribution in [0.25, 0.3) is 0 Å². The summed E-state index contributed by atoms with van der Waals surface area (Å²) in [7, 11) is 0. The molecule has 0 aromatic heterocycles. The van der Waals surface area contributed by atoms with E-state index in [9.17, 15) is 5.11 Å². The van der Waals surface area contributed by atoms with Gasteiger partial charge >= 0.3 is 0 Å². The van der Waals surface area contributed by atoms with Crippen LogP contribution >= 0.6 is 11.6 Å². The van der Waals surface area contributed by atoms with Crippen LogP contribution in [-0.4, -0.2) is 5.11 Å². The number of phenolic OH excluding ortho intramolecular Hbond substituents is 1. The summed E-state index contributed by atoms with van der Waals surface area (Å²) in [6, 6.07) is 12.0. The largest absolute Gasteiger partial charge is 0.508 e. The number of ether oxygens (including phenoxy) is 1. The van der Waals surface area contributed by atoms with Gasteiger partial charge in [0.2, 0.25) is 0 Å². The maximum absolute atomic E-state index is 9.22. The number of aromatic hydroxyl groups is 1. The highest BCUT2D eigenvalue weighted by Crippen LogP contribution is 2.22. The van der Waals surface area contributed by atoms with E-state index in [4.69, 9.17) is 22.1 Å². The normalized spacial score (nSPS) is 10.2. The lowest BCUT2D eigenvalue weighted by Crippen LogP contribution is -1.99. The van der Waals surface area contributed by atoms with Gasteiger partial charge in [0.05, 0.1) is 0 Å². The van der Waals surface area contributed by atoms with Crippen molar-refractivity contribution in [1.29, 1.82) is 0 Å². The van der Waals surface area contributed by atoms with Gasteiger partial charge in [-0.3, -0.25) is 0 Å². The smallest absolute Gasteiger partial charge is 0.121 e. The highest BCUT2D eigenvalue weighted by molar-refractivity contribution is 6.30. The van der Waals surface area contributed by atoms with Crippen molar-refractivity contribution < 1.29 is 9.84 Å². The molecular weight excluding hydrogens is 238 g/mol. The number of halogens is 1. The van der Waals surface area contributed by atoms with Crippen molar-refractivity contribution in [2.45, 2.75) is 6.61 Å². The minimum Gasteiger partial charge on any atom is -0.508 e. The molecule has 3 nitrogen and oxygen atoms in total. The van der Waals surface area contributed by atoms with Crippen LogP contribution in [0.2, 0.25) is 5.02 Å². The van der Waals surface area contributed by atoms with Crippen molar-refractivity contribution in [2.24, 2.45) is 0 Å². The van der Waals surface area contributed by atoms with Gasteiger partial charge in [0, 0.05) is 22.3 Å². The van der Waals surface area contributed by atoms with Crippen molar-refractivity contribution in [3.8, 4) is 11.5 Å². The minimum absolute atomic E-state index is 0.147. The number of rotatable bonds is 3. The SMILES string of the molecule is Nc1cc(O)ccc1COc1cccc(Cl)c1. The number of benzene rings is 2. The fourth-order valence-electron chi connectivity index (χ4n) is 1.43. The lowest BCUT2D eigenvalue weighted by molar-refractivity contribution is 0.307. The molecule has 88 valence electrons. The Hall–Kier alpha value is -1.87. The van der Waals surface area contributed by atoms with Crippen LogP contribution in [0.3, 0.4) is 0 Å². The fraction of sp³-hybridized carbons (Fsp3) is 0.0769. The Kier molecular flexibility index (Phi) is 3.40. The molecule has 17 heavy (non-hydrogen) atoms. The first-order valence-electron chi connectivity index (χ1n) is 5.11. The molecule has 2 rings (SSSR count). The Morgan fingerprint density at radius 1 is 1.18 bits per heavy atom. The van der Waals surface area contributed by atoms with E-state index in [1.54, 1.807) is 24.3 Å². The van der Waals surface area contributed by atoms with Gasteiger partial charge in [-0.15, -0.1) is 0 Å². The van der Waals surface area contributed by atoms with E-state index in [0.717, 1.165) is 5.56 Å². The lowest BCUT2D eigenvalue weighted by atomic mass is 10.2. The zero-order valence-electron chi connectivity index (χ0n) is 9.06. The Morgan fingerprint density at radius 2 is 2.00 bits per heavy atom. The van der Waals surface area contributed by atoms with Crippen LogP contribution in [-0.2, 0) is 6.61 Å². The minimum atomic E-state index is 0.147. The molecule has 0 aliphatic carbocycles. The van der Waals surface area contributed by atoms with Crippen LogP contribution in [0.1, 0.15) is 5.56 Å². The molecule has 0 radical (unpaired) electrons. The Labute approximate surface area is 104 Å². The Bertz CT molecular complexity index is 529. The molecular formula is C13H12ClNO2. The predicted molar refractivity (Wildman–Crippen MR) is 68.3 cm³/mol. The molecule has 0 heterocycles. The van der Waals surface area contributed by atoms with Crippen molar-refractivity contribution in [2.75, 3.05) is 5.73 Å². The molecule has 0 unspecified atom stereocenters. The molecule has 0 saturated carbocycles. The maximum Gasteiger partial charge on any atom is 0.121 e. The van der Waals surface area contributed by atoms with E-state index >= 15 is 0 Å². The van der Waals surface area contributed by atoms with Gasteiger partial charge in [-0.05, 0) is 30.3 Å². The van der Waals surface area contributed by atoms with Crippen molar-refractivity contribution in [3.63, 3.8) is 0 Å². The maximum atomic E-state index is 9.22. The number of phenols is 1. The summed E-state index contributed by atoms with van der Waals surface area (Å²) in [6.07, 6.45) is 0. The predicted octanol–water partition coefficient (Wildman–Crippen LogP) is 3.21. The Balaban J connectivity index is 2.07. The van der Waals surface area contributed by atoms with Crippen molar-refractivity contribution >= 4 is 17.3 Å². The first kappa shape index (κ1) is 11.6. The van der Waals surface area contributed by atoms with E-state index in [2.05, 4.69) is 0 Å². The summed E-state index contributed by atoms with van der Waals surface area (Å²) in [5.41, 5.74) is 7.08. The molecule has 4 heteroatoms. The molecule has 0 aliphatic rings. The molecule has 0 amide bonds. The monoisotopic (exact) mass is 249 g/mol. The van der Waals surface area contributed by atoms with Gasteiger partial charge in [0.25, 0.3) is 0 Å². The third kappa shape index (κ3) is 3.04. The molecule has 0 spiro atoms. The van der Waals surface area contributed by atoms with Crippen LogP contribution in [0.4, 0.5) is 5.69 Å². The molecule has 0 fully saturated rings. The van der Waals surface area contributed by atoms with E-state index in [1.165, 1.54) is 6.07 Å². The van der Waals surface area contributed by atoms with Crippen LogP contribution in [0.5, 0.6) is 11.5 Å². The highest BCUT2D eigenvalue weighted by Gasteiger charge is 2.02. The summed E-state index contributed by atoms with van der Waals surface area (Å²) in [6.45, 7) is 0.340. The van der Waals surface area contributed by atoms with E-state index in [0.29, 0.717) is 23.1 Å². The van der Waals surface area contributed by atoms with Gasteiger partial charge in [0.15, 0.2) is 0 Å². The summed E-state index contributed by atoms with van der Waals surface area (Å²) >= 11 is 5.84. The van der Waals surface area contributed by atoms with Gasteiger partial charge in [-0.2, -0.15) is 0 Å². The number of anilines is 1. The van der Waals surface area contributed by atoms with Gasteiger partial charge < -0.3 is 15.6 Å². The molecule has 2 aromatic carbocycles. The summed E-state index contributed by atoms with van der Waals surface area (Å²) in [4.78, 5) is 0. The zero-order valence-corrected chi connectivity index (χ0v) is 9.82. The second kappa shape index (κ2) is 4.97. The van der Waals surface area contributed by atoms with Gasteiger partial charge in [0.1, 0.15) is 18.1 Å². The van der Waals surface area contributed by atoms with Crippen LogP contribution in [0.15, 0.2) is 42.5 Å². The van der Waals surface area contributed by atoms with Crippen molar-refractivity contribution in [1.82, 2.24) is 0 Å². The zero-order chi connectivity index (χ0) is 12.3. The number of nitrogen functional groups attached to an aromatic ring is 1. The average molecular weight is 250 g/mol. The second-order valence-corrected chi connectivity index (χ2v) is 4.07. The number of hydrogen-bond donors (Lipinski definition) is 2. The Morgan fingerprint density at radius 3 is 2.71 bits per heavy atom. The molecule has 2 aromatic rings. The number of hydrogen-bond acceptors (Lipinski definition) is 3. The van der Waals surface area contributed by atoms with Crippen LogP contribution < -0.4 is 10.5 Å². The highest BCUT2D eigenvalue weighted by atomic mass is 35.5. The second-order valence-electron chi connectivity index (χ2n) is 3.63. The average Bonchev–Trinajstić information content (AvgIpc) is 2.28. The van der Waals surface area contributed by atoms with E-state index < -0.39 is 0 Å². The quantitative estimate of drug-likeness (QED) is 0.822. The first-order valence-corrected chi connectivity index (χ1v) is 5.48.